The number of benzene rings is 1. The van der Waals surface area contributed by atoms with Gasteiger partial charge in [0.15, 0.2) is 11.5 Å². The van der Waals surface area contributed by atoms with E-state index in [2.05, 4.69) is 15.8 Å². The summed E-state index contributed by atoms with van der Waals surface area (Å²) in [6.07, 6.45) is 3.47. The van der Waals surface area contributed by atoms with Crippen molar-refractivity contribution in [3.05, 3.63) is 42.1 Å². The first-order valence-corrected chi connectivity index (χ1v) is 7.84. The Kier molecular flexibility index (Phi) is 4.85. The van der Waals surface area contributed by atoms with Crippen LogP contribution in [0.25, 0.3) is 11.3 Å². The predicted molar refractivity (Wildman–Crippen MR) is 84.5 cm³/mol. The monoisotopic (exact) mass is 299 g/mol. The molecule has 1 saturated heterocycles. The average molecular weight is 299 g/mol. The smallest absolute Gasteiger partial charge is 0.273 e. The van der Waals surface area contributed by atoms with Gasteiger partial charge in [0.05, 0.1) is 0 Å². The third-order valence-corrected chi connectivity index (χ3v) is 4.04. The van der Waals surface area contributed by atoms with Gasteiger partial charge >= 0.3 is 0 Å². The lowest BCUT2D eigenvalue weighted by atomic mass is 9.96. The summed E-state index contributed by atoms with van der Waals surface area (Å²) in [5.41, 5.74) is 1.25. The average Bonchev–Trinajstić information content (AvgIpc) is 3.07. The van der Waals surface area contributed by atoms with Gasteiger partial charge in [-0.25, -0.2) is 0 Å². The zero-order valence-electron chi connectivity index (χ0n) is 12.5. The molecule has 2 N–H and O–H groups in total. The van der Waals surface area contributed by atoms with Gasteiger partial charge in [0.1, 0.15) is 0 Å². The number of nitrogens with one attached hydrogen (secondary N) is 2. The zero-order chi connectivity index (χ0) is 15.2. The van der Waals surface area contributed by atoms with Crippen LogP contribution in [0.4, 0.5) is 0 Å². The largest absolute Gasteiger partial charge is 0.355 e. The Morgan fingerprint density at radius 1 is 1.36 bits per heavy atom. The standard InChI is InChI=1S/C17H21N3O2/c21-17(19-10-8-13-5-4-9-18-12-13)15-11-16(22-20-15)14-6-2-1-3-7-14/h1-3,6-7,11,13,18H,4-5,8-10,12H2,(H,19,21). The molecule has 2 aromatic rings. The van der Waals surface area contributed by atoms with Gasteiger partial charge in [-0.1, -0.05) is 35.5 Å². The van der Waals surface area contributed by atoms with Crippen molar-refractivity contribution in [3.8, 4) is 11.3 Å². The van der Waals surface area contributed by atoms with Gasteiger partial charge in [-0.3, -0.25) is 4.79 Å². The van der Waals surface area contributed by atoms with E-state index in [1.165, 1.54) is 12.8 Å². The van der Waals surface area contributed by atoms with E-state index in [4.69, 9.17) is 4.52 Å². The van der Waals surface area contributed by atoms with Crippen molar-refractivity contribution in [2.45, 2.75) is 19.3 Å². The molecule has 1 aromatic heterocycles. The molecule has 0 radical (unpaired) electrons. The minimum Gasteiger partial charge on any atom is -0.355 e. The molecule has 0 spiro atoms. The third kappa shape index (κ3) is 3.74. The fourth-order valence-electron chi connectivity index (χ4n) is 2.77. The van der Waals surface area contributed by atoms with Gasteiger partial charge < -0.3 is 15.2 Å². The van der Waals surface area contributed by atoms with E-state index in [9.17, 15) is 4.79 Å². The Labute approximate surface area is 130 Å². The number of hydrogen-bond acceptors (Lipinski definition) is 4. The van der Waals surface area contributed by atoms with E-state index in [0.29, 0.717) is 23.9 Å². The summed E-state index contributed by atoms with van der Waals surface area (Å²) < 4.78 is 5.25. The van der Waals surface area contributed by atoms with Crippen molar-refractivity contribution in [1.29, 1.82) is 0 Å². The zero-order valence-corrected chi connectivity index (χ0v) is 12.5. The van der Waals surface area contributed by atoms with Gasteiger partial charge in [0.2, 0.25) is 0 Å². The van der Waals surface area contributed by atoms with E-state index in [-0.39, 0.29) is 5.91 Å². The molecule has 1 aromatic carbocycles. The van der Waals surface area contributed by atoms with Crippen LogP contribution < -0.4 is 10.6 Å². The van der Waals surface area contributed by atoms with Crippen LogP contribution in [0.15, 0.2) is 40.9 Å². The SMILES string of the molecule is O=C(NCCC1CCCNC1)c1cc(-c2ccccc2)on1. The van der Waals surface area contributed by atoms with Crippen LogP contribution in [0.1, 0.15) is 29.8 Å². The molecular formula is C17H21N3O2. The van der Waals surface area contributed by atoms with Crippen molar-refractivity contribution < 1.29 is 9.32 Å². The Bertz CT molecular complexity index is 603. The maximum absolute atomic E-state index is 12.1. The Morgan fingerprint density at radius 3 is 3.00 bits per heavy atom. The lowest BCUT2D eigenvalue weighted by Gasteiger charge is -2.22. The van der Waals surface area contributed by atoms with E-state index in [1.807, 2.05) is 30.3 Å². The number of nitrogens with zero attached hydrogens (tertiary/aromatic N) is 1. The number of carbonyl (C=O) groups is 1. The van der Waals surface area contributed by atoms with Crippen LogP contribution in [0.3, 0.4) is 0 Å². The van der Waals surface area contributed by atoms with Crippen LogP contribution in [0.5, 0.6) is 0 Å². The summed E-state index contributed by atoms with van der Waals surface area (Å²) in [7, 11) is 0. The van der Waals surface area contributed by atoms with Crippen LogP contribution in [-0.2, 0) is 0 Å². The van der Waals surface area contributed by atoms with Crippen molar-refractivity contribution in [2.75, 3.05) is 19.6 Å². The number of carbonyl (C=O) groups excluding carboxylic acids is 1. The second-order valence-electron chi connectivity index (χ2n) is 5.70. The molecule has 0 saturated carbocycles. The molecule has 116 valence electrons. The fourth-order valence-corrected chi connectivity index (χ4v) is 2.77. The minimum absolute atomic E-state index is 0.172. The van der Waals surface area contributed by atoms with Crippen molar-refractivity contribution in [1.82, 2.24) is 15.8 Å². The molecule has 1 aliphatic heterocycles. The Hall–Kier alpha value is -2.14. The Morgan fingerprint density at radius 2 is 2.23 bits per heavy atom. The van der Waals surface area contributed by atoms with Gasteiger partial charge in [0, 0.05) is 18.2 Å². The number of aromatic nitrogens is 1. The van der Waals surface area contributed by atoms with E-state index < -0.39 is 0 Å². The van der Waals surface area contributed by atoms with E-state index in [0.717, 1.165) is 25.1 Å². The van der Waals surface area contributed by atoms with Crippen LogP contribution >= 0.6 is 0 Å². The van der Waals surface area contributed by atoms with Crippen molar-refractivity contribution in [2.24, 2.45) is 5.92 Å². The molecule has 1 fully saturated rings. The summed E-state index contributed by atoms with van der Waals surface area (Å²) in [6, 6.07) is 11.3. The first kappa shape index (κ1) is 14.8. The highest BCUT2D eigenvalue weighted by Crippen LogP contribution is 2.19. The van der Waals surface area contributed by atoms with Gasteiger partial charge in [-0.05, 0) is 38.3 Å². The Balaban J connectivity index is 1.51. The molecule has 1 unspecified atom stereocenters. The maximum Gasteiger partial charge on any atom is 0.273 e. The molecule has 0 aliphatic carbocycles. The van der Waals surface area contributed by atoms with Crippen LogP contribution in [-0.4, -0.2) is 30.7 Å². The lowest BCUT2D eigenvalue weighted by Crippen LogP contribution is -2.33. The molecule has 5 heteroatoms. The fraction of sp³-hybridized carbons (Fsp3) is 0.412. The number of piperidine rings is 1. The molecule has 1 amide bonds. The van der Waals surface area contributed by atoms with Crippen molar-refractivity contribution in [3.63, 3.8) is 0 Å². The molecule has 22 heavy (non-hydrogen) atoms. The highest BCUT2D eigenvalue weighted by molar-refractivity contribution is 5.93. The number of hydrogen-bond donors (Lipinski definition) is 2. The molecular weight excluding hydrogens is 278 g/mol. The normalized spacial score (nSPS) is 18.1. The summed E-state index contributed by atoms with van der Waals surface area (Å²) in [6.45, 7) is 2.85. The third-order valence-electron chi connectivity index (χ3n) is 4.04. The molecule has 1 atom stereocenters. The first-order valence-electron chi connectivity index (χ1n) is 7.84. The first-order chi connectivity index (χ1) is 10.8. The lowest BCUT2D eigenvalue weighted by molar-refractivity contribution is 0.0941. The van der Waals surface area contributed by atoms with Crippen LogP contribution in [0, 0.1) is 5.92 Å². The summed E-state index contributed by atoms with van der Waals surface area (Å²) in [5.74, 6) is 1.10. The topological polar surface area (TPSA) is 67.2 Å². The second kappa shape index (κ2) is 7.22. The second-order valence-corrected chi connectivity index (χ2v) is 5.70. The molecule has 2 heterocycles. The van der Waals surface area contributed by atoms with Crippen molar-refractivity contribution >= 4 is 5.91 Å². The molecule has 5 nitrogen and oxygen atoms in total. The van der Waals surface area contributed by atoms with E-state index in [1.54, 1.807) is 6.07 Å². The highest BCUT2D eigenvalue weighted by atomic mass is 16.5. The quantitative estimate of drug-likeness (QED) is 0.890. The maximum atomic E-state index is 12.1. The summed E-state index contributed by atoms with van der Waals surface area (Å²) in [4.78, 5) is 12.1. The van der Waals surface area contributed by atoms with Gasteiger partial charge in [-0.2, -0.15) is 0 Å². The predicted octanol–water partition coefficient (Wildman–Crippen LogP) is 2.46. The summed E-state index contributed by atoms with van der Waals surface area (Å²) >= 11 is 0. The summed E-state index contributed by atoms with van der Waals surface area (Å²) in [5, 5.41) is 10.2. The van der Waals surface area contributed by atoms with Gasteiger partial charge in [-0.15, -0.1) is 0 Å². The van der Waals surface area contributed by atoms with E-state index >= 15 is 0 Å². The molecule has 1 aliphatic rings. The number of rotatable bonds is 5. The highest BCUT2D eigenvalue weighted by Gasteiger charge is 2.15. The number of amides is 1. The molecule has 3 rings (SSSR count). The molecule has 0 bridgehead atoms. The minimum atomic E-state index is -0.172. The van der Waals surface area contributed by atoms with Gasteiger partial charge in [0.25, 0.3) is 5.91 Å². The van der Waals surface area contributed by atoms with Crippen LogP contribution in [0.2, 0.25) is 0 Å².